The number of hydrogen-bond acceptors (Lipinski definition) is 5. The molecule has 0 unspecified atom stereocenters. The summed E-state index contributed by atoms with van der Waals surface area (Å²) in [5.74, 6) is -0.0887. The van der Waals surface area contributed by atoms with Crippen molar-refractivity contribution in [1.82, 2.24) is 0 Å². The fourth-order valence-electron chi connectivity index (χ4n) is 7.59. The van der Waals surface area contributed by atoms with E-state index in [9.17, 15) is 9.59 Å². The first-order chi connectivity index (χ1) is 20.1. The van der Waals surface area contributed by atoms with Crippen molar-refractivity contribution in [2.24, 2.45) is 17.8 Å². The van der Waals surface area contributed by atoms with Crippen molar-refractivity contribution in [3.05, 3.63) is 72.8 Å². The molecule has 0 saturated heterocycles. The second-order valence-corrected chi connectivity index (χ2v) is 17.5. The fourth-order valence-corrected chi connectivity index (χ4v) is 12.3. The van der Waals surface area contributed by atoms with Crippen molar-refractivity contribution in [3.63, 3.8) is 0 Å². The zero-order valence-electron chi connectivity index (χ0n) is 26.4. The van der Waals surface area contributed by atoms with Crippen molar-refractivity contribution in [2.45, 2.75) is 110 Å². The van der Waals surface area contributed by atoms with Gasteiger partial charge in [-0.05, 0) is 65.4 Å². The van der Waals surface area contributed by atoms with Crippen molar-refractivity contribution in [3.8, 4) is 0 Å². The van der Waals surface area contributed by atoms with Gasteiger partial charge in [0.1, 0.15) is 12.2 Å². The van der Waals surface area contributed by atoms with Gasteiger partial charge in [-0.2, -0.15) is 0 Å². The molecule has 6 heteroatoms. The quantitative estimate of drug-likeness (QED) is 0.116. The summed E-state index contributed by atoms with van der Waals surface area (Å²) in [4.78, 5) is 24.4. The molecule has 6 atom stereocenters. The van der Waals surface area contributed by atoms with Crippen LogP contribution in [0.3, 0.4) is 0 Å². The van der Waals surface area contributed by atoms with E-state index in [1.54, 1.807) is 0 Å². The Morgan fingerprint density at radius 3 is 2.05 bits per heavy atom. The predicted octanol–water partition coefficient (Wildman–Crippen LogP) is 6.98. The van der Waals surface area contributed by atoms with Gasteiger partial charge < -0.3 is 13.9 Å². The minimum atomic E-state index is -2.70. The SMILES string of the molecule is CCCCC/C=C/[C@H](OC(C)=O)[C@@H]1[C@H]2C[C@@H](O[Si](c3ccccc3)(c3ccccc3)C(C)(C)C)C[C@H]2C[C@H]1OC(C)=O. The summed E-state index contributed by atoms with van der Waals surface area (Å²) in [5.41, 5.74) is 0. The summed E-state index contributed by atoms with van der Waals surface area (Å²) in [6.45, 7) is 12.1. The molecule has 0 N–H and O–H groups in total. The second kappa shape index (κ2) is 14.2. The van der Waals surface area contributed by atoms with Gasteiger partial charge in [-0.15, -0.1) is 0 Å². The van der Waals surface area contributed by atoms with E-state index in [-0.39, 0.29) is 41.0 Å². The van der Waals surface area contributed by atoms with Gasteiger partial charge >= 0.3 is 11.9 Å². The maximum absolute atomic E-state index is 12.3. The lowest BCUT2D eigenvalue weighted by atomic mass is 9.86. The lowest BCUT2D eigenvalue weighted by molar-refractivity contribution is -0.156. The molecule has 0 radical (unpaired) electrons. The van der Waals surface area contributed by atoms with Crippen LogP contribution in [0.2, 0.25) is 5.04 Å². The molecule has 2 aliphatic carbocycles. The highest BCUT2D eigenvalue weighted by molar-refractivity contribution is 6.99. The van der Waals surface area contributed by atoms with Crippen LogP contribution in [0.5, 0.6) is 0 Å². The topological polar surface area (TPSA) is 61.8 Å². The van der Waals surface area contributed by atoms with Crippen molar-refractivity contribution >= 4 is 30.6 Å². The van der Waals surface area contributed by atoms with E-state index in [0.717, 1.165) is 38.5 Å². The van der Waals surface area contributed by atoms with Gasteiger partial charge in [0, 0.05) is 25.9 Å². The van der Waals surface area contributed by atoms with E-state index in [1.165, 1.54) is 30.6 Å². The number of allylic oxidation sites excluding steroid dienone is 1. The van der Waals surface area contributed by atoms with E-state index in [1.807, 2.05) is 0 Å². The number of carbonyl (C=O) groups is 2. The molecular weight excluding hydrogens is 540 g/mol. The Balaban J connectivity index is 1.66. The molecule has 2 saturated carbocycles. The number of fused-ring (bicyclic) bond motifs is 1. The molecule has 2 aromatic carbocycles. The third kappa shape index (κ3) is 7.26. The van der Waals surface area contributed by atoms with Gasteiger partial charge in [0.15, 0.2) is 0 Å². The number of unbranched alkanes of at least 4 members (excludes halogenated alkanes) is 3. The standard InChI is InChI=1S/C36H50O5Si/c1-7-8-9-10-17-22-33(39-26(2)37)35-32-25-29(23-28(32)24-34(35)40-27(3)38)41-42(36(4,5)6,30-18-13-11-14-19-30)31-20-15-12-16-21-31/h11-22,28-29,32-35H,7-10,23-25H2,1-6H3/b22-17+/t28-,29-,32-,33-,34+,35-/m0/s1. The Morgan fingerprint density at radius 2 is 1.52 bits per heavy atom. The third-order valence-corrected chi connectivity index (χ3v) is 14.3. The lowest BCUT2D eigenvalue weighted by Crippen LogP contribution is -2.67. The van der Waals surface area contributed by atoms with Gasteiger partial charge in [0.25, 0.3) is 8.32 Å². The maximum Gasteiger partial charge on any atom is 0.303 e. The minimum absolute atomic E-state index is 0.0681. The molecule has 0 aromatic heterocycles. The Labute approximate surface area is 254 Å². The summed E-state index contributed by atoms with van der Waals surface area (Å²) < 4.78 is 19.4. The van der Waals surface area contributed by atoms with E-state index in [0.29, 0.717) is 5.92 Å². The van der Waals surface area contributed by atoms with E-state index >= 15 is 0 Å². The van der Waals surface area contributed by atoms with Gasteiger partial charge in [-0.3, -0.25) is 9.59 Å². The molecule has 0 spiro atoms. The predicted molar refractivity (Wildman–Crippen MR) is 171 cm³/mol. The zero-order valence-corrected chi connectivity index (χ0v) is 27.4. The van der Waals surface area contributed by atoms with Crippen LogP contribution in [0.15, 0.2) is 72.8 Å². The van der Waals surface area contributed by atoms with Gasteiger partial charge in [0.05, 0.1) is 0 Å². The highest BCUT2D eigenvalue weighted by atomic mass is 28.4. The van der Waals surface area contributed by atoms with Gasteiger partial charge in [-0.1, -0.05) is 107 Å². The Kier molecular flexibility index (Phi) is 10.9. The molecule has 2 aliphatic rings. The highest BCUT2D eigenvalue weighted by Crippen LogP contribution is 2.53. The Bertz CT molecular complexity index is 1150. The van der Waals surface area contributed by atoms with Crippen LogP contribution in [0, 0.1) is 17.8 Å². The van der Waals surface area contributed by atoms with Crippen LogP contribution in [-0.4, -0.2) is 38.6 Å². The summed E-state index contributed by atoms with van der Waals surface area (Å²) in [5, 5.41) is 2.46. The molecule has 5 nitrogen and oxygen atoms in total. The van der Waals surface area contributed by atoms with Gasteiger partial charge in [-0.25, -0.2) is 0 Å². The number of rotatable bonds is 12. The first-order valence-electron chi connectivity index (χ1n) is 15.9. The van der Waals surface area contributed by atoms with Crippen molar-refractivity contribution in [1.29, 1.82) is 0 Å². The number of carbonyl (C=O) groups excluding carboxylic acids is 2. The molecule has 0 aliphatic heterocycles. The Morgan fingerprint density at radius 1 is 0.905 bits per heavy atom. The van der Waals surface area contributed by atoms with Gasteiger partial charge in [0.2, 0.25) is 0 Å². The van der Waals surface area contributed by atoms with E-state index in [4.69, 9.17) is 13.9 Å². The summed E-state index contributed by atoms with van der Waals surface area (Å²) in [7, 11) is -2.70. The third-order valence-electron chi connectivity index (χ3n) is 9.22. The summed E-state index contributed by atoms with van der Waals surface area (Å²) in [6.07, 6.45) is 10.5. The molecule has 0 heterocycles. The number of ether oxygens (including phenoxy) is 2. The molecule has 2 aromatic rings. The van der Waals surface area contributed by atoms with Crippen molar-refractivity contribution < 1.29 is 23.5 Å². The first kappa shape index (κ1) is 32.2. The fraction of sp³-hybridized carbons (Fsp3) is 0.556. The number of esters is 2. The first-order valence-corrected chi connectivity index (χ1v) is 17.8. The van der Waals surface area contributed by atoms with Crippen LogP contribution >= 0.6 is 0 Å². The number of benzene rings is 2. The molecule has 228 valence electrons. The molecule has 4 rings (SSSR count). The maximum atomic E-state index is 12.3. The van der Waals surface area contributed by atoms with Crippen LogP contribution in [0.25, 0.3) is 0 Å². The van der Waals surface area contributed by atoms with Crippen molar-refractivity contribution in [2.75, 3.05) is 0 Å². The molecule has 2 fully saturated rings. The number of hydrogen-bond donors (Lipinski definition) is 0. The summed E-state index contributed by atoms with van der Waals surface area (Å²) >= 11 is 0. The smallest absolute Gasteiger partial charge is 0.303 e. The summed E-state index contributed by atoms with van der Waals surface area (Å²) in [6, 6.07) is 21.6. The Hall–Kier alpha value is -2.70. The van der Waals surface area contributed by atoms with E-state index in [2.05, 4.69) is 101 Å². The molecular formula is C36H50O5Si. The highest BCUT2D eigenvalue weighted by Gasteiger charge is 2.57. The average Bonchev–Trinajstić information content (AvgIpc) is 3.47. The monoisotopic (exact) mass is 590 g/mol. The molecule has 42 heavy (non-hydrogen) atoms. The van der Waals surface area contributed by atoms with E-state index < -0.39 is 14.4 Å². The normalized spacial score (nSPS) is 24.9. The molecule has 0 amide bonds. The van der Waals surface area contributed by atoms with Crippen LogP contribution in [0.4, 0.5) is 0 Å². The van der Waals surface area contributed by atoms with Crippen LogP contribution in [0.1, 0.15) is 86.5 Å². The minimum Gasteiger partial charge on any atom is -0.462 e. The zero-order chi connectivity index (χ0) is 30.3. The second-order valence-electron chi connectivity index (χ2n) is 13.3. The molecule has 0 bridgehead atoms. The average molecular weight is 591 g/mol. The largest absolute Gasteiger partial charge is 0.462 e. The van der Waals surface area contributed by atoms with Crippen LogP contribution < -0.4 is 10.4 Å². The lowest BCUT2D eigenvalue weighted by Gasteiger charge is -2.45. The van der Waals surface area contributed by atoms with Crippen LogP contribution in [-0.2, 0) is 23.5 Å².